The van der Waals surface area contributed by atoms with Gasteiger partial charge in [0.05, 0.1) is 17.7 Å². The van der Waals surface area contributed by atoms with Crippen molar-refractivity contribution in [2.75, 3.05) is 13.1 Å². The van der Waals surface area contributed by atoms with Gasteiger partial charge in [-0.15, -0.1) is 35.3 Å². The average molecular weight is 541 g/mol. The van der Waals surface area contributed by atoms with Crippen molar-refractivity contribution >= 4 is 57.2 Å². The molecule has 0 saturated heterocycles. The third-order valence-corrected chi connectivity index (χ3v) is 4.91. The summed E-state index contributed by atoms with van der Waals surface area (Å²) >= 11 is 4.89. The van der Waals surface area contributed by atoms with Gasteiger partial charge in [-0.2, -0.15) is 0 Å². The van der Waals surface area contributed by atoms with E-state index < -0.39 is 0 Å². The van der Waals surface area contributed by atoms with Crippen molar-refractivity contribution in [1.29, 1.82) is 0 Å². The first-order valence-corrected chi connectivity index (χ1v) is 9.62. The number of hydrogen-bond acceptors (Lipinski definition) is 3. The lowest BCUT2D eigenvalue weighted by Gasteiger charge is -2.11. The summed E-state index contributed by atoms with van der Waals surface area (Å²) in [4.78, 5) is 9.98. The largest absolute Gasteiger partial charge is 0.357 e. The third-order valence-electron chi connectivity index (χ3n) is 3.50. The van der Waals surface area contributed by atoms with Gasteiger partial charge in [-0.3, -0.25) is 0 Å². The van der Waals surface area contributed by atoms with Gasteiger partial charge in [-0.1, -0.05) is 22.0 Å². The molecule has 2 N–H and O–H groups in total. The Bertz CT molecular complexity index is 693. The molecule has 25 heavy (non-hydrogen) atoms. The molecule has 1 aromatic heterocycles. The number of halogens is 3. The molecule has 0 amide bonds. The lowest BCUT2D eigenvalue weighted by Crippen LogP contribution is -2.37. The molecule has 1 heterocycles. The first kappa shape index (κ1) is 22.3. The van der Waals surface area contributed by atoms with E-state index >= 15 is 0 Å². The van der Waals surface area contributed by atoms with Crippen LogP contribution in [0.1, 0.15) is 29.5 Å². The molecule has 2 aromatic rings. The van der Waals surface area contributed by atoms with E-state index in [9.17, 15) is 4.39 Å². The minimum Gasteiger partial charge on any atom is -0.357 e. The van der Waals surface area contributed by atoms with Crippen LogP contribution >= 0.6 is 51.2 Å². The van der Waals surface area contributed by atoms with Crippen LogP contribution < -0.4 is 10.6 Å². The fourth-order valence-corrected chi connectivity index (χ4v) is 3.21. The number of aryl methyl sites for hydroxylation is 2. The Morgan fingerprint density at radius 3 is 2.80 bits per heavy atom. The van der Waals surface area contributed by atoms with Gasteiger partial charge in [0.25, 0.3) is 0 Å². The summed E-state index contributed by atoms with van der Waals surface area (Å²) in [7, 11) is 0. The molecule has 0 radical (unpaired) electrons. The second-order valence-corrected chi connectivity index (χ2v) is 7.18. The maximum Gasteiger partial charge on any atom is 0.191 e. The van der Waals surface area contributed by atoms with Crippen LogP contribution in [0.15, 0.2) is 33.2 Å². The van der Waals surface area contributed by atoms with Crippen molar-refractivity contribution in [1.82, 2.24) is 15.6 Å². The number of nitrogens with one attached hydrogen (secondary N) is 2. The summed E-state index contributed by atoms with van der Waals surface area (Å²) in [6.45, 7) is 6.19. The minimum absolute atomic E-state index is 0. The van der Waals surface area contributed by atoms with Crippen molar-refractivity contribution in [3.63, 3.8) is 0 Å². The SMILES string of the molecule is CCNC(=NCc1scnc1C)NCCCc1ccc(Br)cc1F.I. The Hall–Kier alpha value is -0.740. The highest BCUT2D eigenvalue weighted by molar-refractivity contribution is 14.0. The molecule has 0 unspecified atom stereocenters. The smallest absolute Gasteiger partial charge is 0.191 e. The van der Waals surface area contributed by atoms with Gasteiger partial charge in [0.2, 0.25) is 0 Å². The highest BCUT2D eigenvalue weighted by Crippen LogP contribution is 2.16. The third kappa shape index (κ3) is 7.57. The Morgan fingerprint density at radius 1 is 1.36 bits per heavy atom. The Labute approximate surface area is 177 Å². The van der Waals surface area contributed by atoms with Gasteiger partial charge >= 0.3 is 0 Å². The monoisotopic (exact) mass is 540 g/mol. The van der Waals surface area contributed by atoms with E-state index in [1.54, 1.807) is 11.3 Å². The minimum atomic E-state index is -0.161. The van der Waals surface area contributed by atoms with Gasteiger partial charge < -0.3 is 10.6 Å². The van der Waals surface area contributed by atoms with Crippen molar-refractivity contribution in [3.8, 4) is 0 Å². The van der Waals surface area contributed by atoms with E-state index in [1.807, 2.05) is 31.5 Å². The standard InChI is InChI=1S/C17H22BrFN4S.HI/c1-3-20-17(22-10-16-12(2)23-11-24-16)21-8-4-5-13-6-7-14(18)9-15(13)19;/h6-7,9,11H,3-5,8,10H2,1-2H3,(H2,20,21,22);1H. The van der Waals surface area contributed by atoms with Crippen LogP contribution in [0.2, 0.25) is 0 Å². The van der Waals surface area contributed by atoms with E-state index in [1.165, 1.54) is 10.9 Å². The zero-order valence-electron chi connectivity index (χ0n) is 14.3. The quantitative estimate of drug-likeness (QED) is 0.232. The number of thiazole rings is 1. The van der Waals surface area contributed by atoms with Gasteiger partial charge in [0.1, 0.15) is 5.82 Å². The summed E-state index contributed by atoms with van der Waals surface area (Å²) in [5.74, 6) is 0.618. The molecule has 0 atom stereocenters. The average Bonchev–Trinajstić information content (AvgIpc) is 2.96. The van der Waals surface area contributed by atoms with Crippen LogP contribution in [0.5, 0.6) is 0 Å². The van der Waals surface area contributed by atoms with E-state index in [4.69, 9.17) is 0 Å². The summed E-state index contributed by atoms with van der Waals surface area (Å²) in [5, 5.41) is 6.52. The Balaban J connectivity index is 0.00000312. The van der Waals surface area contributed by atoms with Gasteiger partial charge in [-0.25, -0.2) is 14.4 Å². The van der Waals surface area contributed by atoms with Gasteiger partial charge in [0, 0.05) is 22.4 Å². The van der Waals surface area contributed by atoms with E-state index in [-0.39, 0.29) is 29.8 Å². The second-order valence-electron chi connectivity index (χ2n) is 5.32. The Kier molecular flexibility index (Phi) is 10.5. The van der Waals surface area contributed by atoms with E-state index in [2.05, 4.69) is 36.5 Å². The molecule has 0 aliphatic carbocycles. The van der Waals surface area contributed by atoms with Crippen LogP contribution in [0.4, 0.5) is 4.39 Å². The van der Waals surface area contributed by atoms with Crippen molar-refractivity contribution in [2.45, 2.75) is 33.2 Å². The van der Waals surface area contributed by atoms with Crippen LogP contribution in [-0.2, 0) is 13.0 Å². The van der Waals surface area contributed by atoms with Crippen LogP contribution in [0.25, 0.3) is 0 Å². The molecule has 0 aliphatic heterocycles. The van der Waals surface area contributed by atoms with E-state index in [0.717, 1.165) is 41.2 Å². The van der Waals surface area contributed by atoms with Crippen LogP contribution in [0.3, 0.4) is 0 Å². The molecular formula is C17H23BrFIN4S. The van der Waals surface area contributed by atoms with Crippen LogP contribution in [0, 0.1) is 12.7 Å². The molecule has 1 aromatic carbocycles. The maximum absolute atomic E-state index is 13.8. The second kappa shape index (κ2) is 11.8. The highest BCUT2D eigenvalue weighted by atomic mass is 127. The van der Waals surface area contributed by atoms with Crippen molar-refractivity contribution in [2.24, 2.45) is 4.99 Å². The zero-order valence-corrected chi connectivity index (χ0v) is 19.0. The lowest BCUT2D eigenvalue weighted by molar-refractivity contribution is 0.602. The number of guanidine groups is 1. The summed E-state index contributed by atoms with van der Waals surface area (Å²) in [6, 6.07) is 5.20. The van der Waals surface area contributed by atoms with E-state index in [0.29, 0.717) is 13.0 Å². The molecule has 0 bridgehead atoms. The molecular weight excluding hydrogens is 518 g/mol. The number of rotatable bonds is 7. The Morgan fingerprint density at radius 2 is 2.16 bits per heavy atom. The molecule has 8 heteroatoms. The fraction of sp³-hybridized carbons (Fsp3) is 0.412. The molecule has 0 saturated carbocycles. The normalized spacial score (nSPS) is 11.1. The molecule has 0 spiro atoms. The van der Waals surface area contributed by atoms with Gasteiger partial charge in [-0.05, 0) is 44.4 Å². The first-order chi connectivity index (χ1) is 11.6. The molecule has 138 valence electrons. The summed E-state index contributed by atoms with van der Waals surface area (Å²) in [5.41, 5.74) is 3.61. The number of aliphatic imine (C=N–C) groups is 1. The fourth-order valence-electron chi connectivity index (χ4n) is 2.18. The lowest BCUT2D eigenvalue weighted by atomic mass is 10.1. The van der Waals surface area contributed by atoms with Crippen molar-refractivity contribution in [3.05, 3.63) is 50.1 Å². The summed E-state index contributed by atoms with van der Waals surface area (Å²) < 4.78 is 14.5. The van der Waals surface area contributed by atoms with Gasteiger partial charge in [0.15, 0.2) is 5.96 Å². The summed E-state index contributed by atoms with van der Waals surface area (Å²) in [6.07, 6.45) is 1.53. The molecule has 2 rings (SSSR count). The van der Waals surface area contributed by atoms with Crippen LogP contribution in [-0.4, -0.2) is 24.0 Å². The number of nitrogens with zero attached hydrogens (tertiary/aromatic N) is 2. The highest BCUT2D eigenvalue weighted by Gasteiger charge is 2.04. The maximum atomic E-state index is 13.8. The first-order valence-electron chi connectivity index (χ1n) is 7.95. The number of aromatic nitrogens is 1. The van der Waals surface area contributed by atoms with Crippen molar-refractivity contribution < 1.29 is 4.39 Å². The molecule has 0 fully saturated rings. The zero-order chi connectivity index (χ0) is 17.4. The number of hydrogen-bond donors (Lipinski definition) is 2. The predicted molar refractivity (Wildman–Crippen MR) is 118 cm³/mol. The number of benzene rings is 1. The topological polar surface area (TPSA) is 49.3 Å². The molecule has 4 nitrogen and oxygen atoms in total. The molecule has 0 aliphatic rings. The predicted octanol–water partition coefficient (Wildman–Crippen LogP) is 4.66.